The van der Waals surface area contributed by atoms with Crippen LogP contribution in [-0.4, -0.2) is 22.2 Å². The van der Waals surface area contributed by atoms with Gasteiger partial charge in [0.25, 0.3) is 0 Å². The topological polar surface area (TPSA) is 74.6 Å². The molecule has 0 saturated carbocycles. The maximum absolute atomic E-state index is 10.7. The Labute approximate surface area is 96.0 Å². The van der Waals surface area contributed by atoms with Gasteiger partial charge in [-0.15, -0.1) is 0 Å². The molecule has 16 heavy (non-hydrogen) atoms. The van der Waals surface area contributed by atoms with Gasteiger partial charge < -0.3 is 10.2 Å². The Bertz CT molecular complexity index is 256. The molecule has 2 N–H and O–H groups in total. The van der Waals surface area contributed by atoms with Crippen molar-refractivity contribution in [3.8, 4) is 0 Å². The normalized spacial score (nSPS) is 11.4. The Hall–Kier alpha value is -1.32. The molecule has 0 aliphatic rings. The Morgan fingerprint density at radius 1 is 1.06 bits per heavy atom. The number of carboxylic acid groups (broad SMARTS) is 2. The summed E-state index contributed by atoms with van der Waals surface area (Å²) in [6, 6.07) is 0. The number of aliphatic carboxylic acids is 2. The van der Waals surface area contributed by atoms with E-state index in [1.165, 1.54) is 18.9 Å². The Kier molecular flexibility index (Phi) is 8.21. The molecule has 0 aromatic heterocycles. The maximum Gasteiger partial charge on any atom is 0.331 e. The number of allylic oxidation sites excluding steroid dienone is 1. The first kappa shape index (κ1) is 14.7. The number of hydrogen-bond donors (Lipinski definition) is 2. The van der Waals surface area contributed by atoms with Crippen molar-refractivity contribution in [2.45, 2.75) is 51.9 Å². The van der Waals surface area contributed by atoms with E-state index in [1.54, 1.807) is 0 Å². The van der Waals surface area contributed by atoms with Crippen LogP contribution in [0.5, 0.6) is 0 Å². The summed E-state index contributed by atoms with van der Waals surface area (Å²) in [4.78, 5) is 21.1. The van der Waals surface area contributed by atoms with Crippen molar-refractivity contribution >= 4 is 11.9 Å². The highest BCUT2D eigenvalue weighted by Gasteiger charge is 2.10. The van der Waals surface area contributed by atoms with Gasteiger partial charge in [-0.1, -0.05) is 38.7 Å². The lowest BCUT2D eigenvalue weighted by Gasteiger charge is -1.99. The third-order valence-electron chi connectivity index (χ3n) is 2.31. The summed E-state index contributed by atoms with van der Waals surface area (Å²) in [7, 11) is 0. The molecule has 0 unspecified atom stereocenters. The molecular weight excluding hydrogens is 208 g/mol. The average molecular weight is 228 g/mol. The van der Waals surface area contributed by atoms with E-state index >= 15 is 0 Å². The van der Waals surface area contributed by atoms with Gasteiger partial charge in [0, 0.05) is 5.57 Å². The summed E-state index contributed by atoms with van der Waals surface area (Å²) < 4.78 is 0. The van der Waals surface area contributed by atoms with E-state index in [1.807, 2.05) is 0 Å². The van der Waals surface area contributed by atoms with Crippen LogP contribution >= 0.6 is 0 Å². The van der Waals surface area contributed by atoms with Crippen LogP contribution in [0.3, 0.4) is 0 Å². The van der Waals surface area contributed by atoms with Gasteiger partial charge >= 0.3 is 11.9 Å². The summed E-state index contributed by atoms with van der Waals surface area (Å²) in [5.74, 6) is -2.23. The molecule has 0 amide bonds. The van der Waals surface area contributed by atoms with Crippen molar-refractivity contribution in [3.05, 3.63) is 11.6 Å². The minimum absolute atomic E-state index is 0.0111. The van der Waals surface area contributed by atoms with Gasteiger partial charge in [0.1, 0.15) is 0 Å². The first-order chi connectivity index (χ1) is 7.57. The molecule has 4 nitrogen and oxygen atoms in total. The van der Waals surface area contributed by atoms with Crippen LogP contribution in [0.15, 0.2) is 11.6 Å². The maximum atomic E-state index is 10.7. The van der Waals surface area contributed by atoms with Crippen LogP contribution in [0.2, 0.25) is 0 Å². The summed E-state index contributed by atoms with van der Waals surface area (Å²) in [5, 5.41) is 17.2. The third kappa shape index (κ3) is 8.03. The summed E-state index contributed by atoms with van der Waals surface area (Å²) >= 11 is 0. The monoisotopic (exact) mass is 228 g/mol. The summed E-state index contributed by atoms with van der Waals surface area (Å²) in [6.45, 7) is 2.13. The van der Waals surface area contributed by atoms with Gasteiger partial charge in [-0.05, 0) is 12.8 Å². The van der Waals surface area contributed by atoms with Gasteiger partial charge in [0.05, 0.1) is 6.42 Å². The first-order valence-corrected chi connectivity index (χ1v) is 5.72. The molecule has 0 bridgehead atoms. The smallest absolute Gasteiger partial charge is 0.331 e. The molecule has 4 heteroatoms. The quantitative estimate of drug-likeness (QED) is 0.470. The second-order valence-electron chi connectivity index (χ2n) is 3.81. The summed E-state index contributed by atoms with van der Waals surface area (Å²) in [5.41, 5.74) is -0.0111. The van der Waals surface area contributed by atoms with E-state index in [9.17, 15) is 9.59 Å². The van der Waals surface area contributed by atoms with E-state index in [0.29, 0.717) is 6.42 Å². The Morgan fingerprint density at radius 3 is 2.19 bits per heavy atom. The Morgan fingerprint density at radius 2 is 1.69 bits per heavy atom. The van der Waals surface area contributed by atoms with E-state index in [0.717, 1.165) is 19.3 Å². The highest BCUT2D eigenvalue weighted by molar-refractivity contribution is 5.91. The largest absolute Gasteiger partial charge is 0.481 e. The zero-order valence-electron chi connectivity index (χ0n) is 9.74. The average Bonchev–Trinajstić information content (AvgIpc) is 2.20. The van der Waals surface area contributed by atoms with Crippen molar-refractivity contribution in [2.75, 3.05) is 0 Å². The molecule has 0 aliphatic carbocycles. The fraction of sp³-hybridized carbons (Fsp3) is 0.667. The van der Waals surface area contributed by atoms with Gasteiger partial charge in [-0.3, -0.25) is 4.79 Å². The molecule has 0 heterocycles. The van der Waals surface area contributed by atoms with Gasteiger partial charge in [-0.2, -0.15) is 0 Å². The molecule has 0 aromatic carbocycles. The molecular formula is C12H20O4. The zero-order valence-corrected chi connectivity index (χ0v) is 9.74. The number of hydrogen-bond acceptors (Lipinski definition) is 2. The van der Waals surface area contributed by atoms with Crippen LogP contribution in [0.4, 0.5) is 0 Å². The molecule has 0 rings (SSSR count). The summed E-state index contributed by atoms with van der Waals surface area (Å²) in [6.07, 6.45) is 7.32. The van der Waals surface area contributed by atoms with Crippen LogP contribution in [-0.2, 0) is 9.59 Å². The second kappa shape index (κ2) is 8.95. The van der Waals surface area contributed by atoms with E-state index < -0.39 is 18.4 Å². The predicted molar refractivity (Wildman–Crippen MR) is 61.3 cm³/mol. The van der Waals surface area contributed by atoms with E-state index in [2.05, 4.69) is 6.92 Å². The molecule has 0 aliphatic heterocycles. The van der Waals surface area contributed by atoms with Crippen molar-refractivity contribution in [2.24, 2.45) is 0 Å². The van der Waals surface area contributed by atoms with Gasteiger partial charge in [0.15, 0.2) is 0 Å². The molecule has 92 valence electrons. The standard InChI is InChI=1S/C12H20O4/c1-2-3-4-5-6-7-8-10(12(15)16)9-11(13)14/h8H,2-7,9H2,1H3,(H,13,14)(H,15,16). The predicted octanol–water partition coefficient (Wildman–Crippen LogP) is 2.83. The molecule has 0 atom stereocenters. The molecule has 0 aromatic rings. The van der Waals surface area contributed by atoms with E-state index in [4.69, 9.17) is 10.2 Å². The highest BCUT2D eigenvalue weighted by atomic mass is 16.4. The molecule has 0 spiro atoms. The lowest BCUT2D eigenvalue weighted by atomic mass is 10.1. The van der Waals surface area contributed by atoms with Gasteiger partial charge in [-0.25, -0.2) is 4.79 Å². The highest BCUT2D eigenvalue weighted by Crippen LogP contribution is 2.09. The van der Waals surface area contributed by atoms with Gasteiger partial charge in [0.2, 0.25) is 0 Å². The van der Waals surface area contributed by atoms with Crippen molar-refractivity contribution in [3.63, 3.8) is 0 Å². The molecule has 0 radical (unpaired) electrons. The van der Waals surface area contributed by atoms with Crippen molar-refractivity contribution in [1.29, 1.82) is 0 Å². The van der Waals surface area contributed by atoms with E-state index in [-0.39, 0.29) is 5.57 Å². The minimum Gasteiger partial charge on any atom is -0.481 e. The third-order valence-corrected chi connectivity index (χ3v) is 2.31. The minimum atomic E-state index is -1.13. The fourth-order valence-electron chi connectivity index (χ4n) is 1.42. The lowest BCUT2D eigenvalue weighted by molar-refractivity contribution is -0.139. The van der Waals surface area contributed by atoms with Crippen LogP contribution in [0, 0.1) is 0 Å². The Balaban J connectivity index is 3.86. The van der Waals surface area contributed by atoms with Crippen LogP contribution in [0.1, 0.15) is 51.9 Å². The SMILES string of the molecule is CCCCCCCC=C(CC(=O)O)C(=O)O. The number of carboxylic acids is 2. The van der Waals surface area contributed by atoms with Crippen LogP contribution in [0.25, 0.3) is 0 Å². The zero-order chi connectivity index (χ0) is 12.4. The lowest BCUT2D eigenvalue weighted by Crippen LogP contribution is -2.06. The number of carbonyl (C=O) groups is 2. The molecule has 0 fully saturated rings. The number of unbranched alkanes of at least 4 members (excludes halogenated alkanes) is 5. The second-order valence-corrected chi connectivity index (χ2v) is 3.81. The fourth-order valence-corrected chi connectivity index (χ4v) is 1.42. The number of rotatable bonds is 9. The first-order valence-electron chi connectivity index (χ1n) is 5.72. The van der Waals surface area contributed by atoms with Crippen LogP contribution < -0.4 is 0 Å². The van der Waals surface area contributed by atoms with Crippen molar-refractivity contribution < 1.29 is 19.8 Å². The molecule has 0 saturated heterocycles. The van der Waals surface area contributed by atoms with Crippen molar-refractivity contribution in [1.82, 2.24) is 0 Å².